The summed E-state index contributed by atoms with van der Waals surface area (Å²) in [7, 11) is 0. The monoisotopic (exact) mass is 196 g/mol. The highest BCUT2D eigenvalue weighted by Crippen LogP contribution is 2.26. The summed E-state index contributed by atoms with van der Waals surface area (Å²) in [4.78, 5) is 1.11. The molecule has 1 aromatic rings. The molecule has 1 rings (SSSR count). The molecule has 0 aromatic heterocycles. The van der Waals surface area contributed by atoms with Gasteiger partial charge in [-0.15, -0.1) is 11.8 Å². The molecule has 0 heterocycles. The summed E-state index contributed by atoms with van der Waals surface area (Å²) in [6.45, 7) is 4.03. The summed E-state index contributed by atoms with van der Waals surface area (Å²) in [5.41, 5.74) is 12.3. The van der Waals surface area contributed by atoms with Crippen molar-refractivity contribution in [3.05, 3.63) is 24.3 Å². The van der Waals surface area contributed by atoms with Crippen molar-refractivity contribution in [1.29, 1.82) is 0 Å². The van der Waals surface area contributed by atoms with Gasteiger partial charge in [-0.2, -0.15) is 0 Å². The normalized spacial score (nSPS) is 11.6. The van der Waals surface area contributed by atoms with E-state index in [1.807, 2.05) is 38.1 Å². The van der Waals surface area contributed by atoms with Crippen LogP contribution in [-0.2, 0) is 0 Å². The number of hydrogen-bond acceptors (Lipinski definition) is 3. The van der Waals surface area contributed by atoms with E-state index in [4.69, 9.17) is 11.5 Å². The zero-order valence-corrected chi connectivity index (χ0v) is 8.90. The number of rotatable bonds is 3. The second-order valence-electron chi connectivity index (χ2n) is 3.82. The summed E-state index contributed by atoms with van der Waals surface area (Å²) >= 11 is 1.70. The second kappa shape index (κ2) is 4.03. The SMILES string of the molecule is CC(C)(N)CSc1ccccc1N. The van der Waals surface area contributed by atoms with Gasteiger partial charge >= 0.3 is 0 Å². The van der Waals surface area contributed by atoms with E-state index in [0.717, 1.165) is 16.3 Å². The first kappa shape index (κ1) is 10.4. The van der Waals surface area contributed by atoms with Gasteiger partial charge in [-0.3, -0.25) is 0 Å². The fourth-order valence-electron chi connectivity index (χ4n) is 0.876. The van der Waals surface area contributed by atoms with E-state index in [9.17, 15) is 0 Å². The maximum Gasteiger partial charge on any atom is 0.0452 e. The predicted octanol–water partition coefficient (Wildman–Crippen LogP) is 2.10. The van der Waals surface area contributed by atoms with Gasteiger partial charge in [0.05, 0.1) is 0 Å². The Bertz CT molecular complexity index is 278. The van der Waals surface area contributed by atoms with Crippen LogP contribution in [0.15, 0.2) is 29.2 Å². The minimum Gasteiger partial charge on any atom is -0.398 e. The fourth-order valence-corrected chi connectivity index (χ4v) is 1.81. The smallest absolute Gasteiger partial charge is 0.0452 e. The first-order valence-electron chi connectivity index (χ1n) is 4.25. The molecule has 0 saturated heterocycles. The number of anilines is 1. The standard InChI is InChI=1S/C10H16N2S/c1-10(2,12)7-13-9-6-4-3-5-8(9)11/h3-6H,7,11-12H2,1-2H3. The molecule has 3 heteroatoms. The second-order valence-corrected chi connectivity index (χ2v) is 4.83. The predicted molar refractivity (Wildman–Crippen MR) is 59.8 cm³/mol. The van der Waals surface area contributed by atoms with E-state index < -0.39 is 0 Å². The lowest BCUT2D eigenvalue weighted by atomic mass is 10.1. The number of hydrogen-bond donors (Lipinski definition) is 2. The number of nitrogen functional groups attached to an aromatic ring is 1. The third-order valence-electron chi connectivity index (χ3n) is 1.52. The zero-order chi connectivity index (χ0) is 9.90. The molecule has 4 N–H and O–H groups in total. The highest BCUT2D eigenvalue weighted by atomic mass is 32.2. The van der Waals surface area contributed by atoms with Crippen molar-refractivity contribution < 1.29 is 0 Å². The van der Waals surface area contributed by atoms with E-state index in [-0.39, 0.29) is 5.54 Å². The van der Waals surface area contributed by atoms with E-state index >= 15 is 0 Å². The molecule has 13 heavy (non-hydrogen) atoms. The average Bonchev–Trinajstić information content (AvgIpc) is 2.01. The topological polar surface area (TPSA) is 52.0 Å². The van der Waals surface area contributed by atoms with Crippen LogP contribution in [0.5, 0.6) is 0 Å². The summed E-state index contributed by atoms with van der Waals surface area (Å²) in [6, 6.07) is 7.85. The van der Waals surface area contributed by atoms with Crippen LogP contribution in [0.2, 0.25) is 0 Å². The third kappa shape index (κ3) is 3.70. The number of thioether (sulfide) groups is 1. The molecule has 0 aliphatic rings. The highest BCUT2D eigenvalue weighted by Gasteiger charge is 2.11. The summed E-state index contributed by atoms with van der Waals surface area (Å²) in [5, 5.41) is 0. The highest BCUT2D eigenvalue weighted by molar-refractivity contribution is 7.99. The van der Waals surface area contributed by atoms with Gasteiger partial charge in [-0.05, 0) is 26.0 Å². The summed E-state index contributed by atoms with van der Waals surface area (Å²) in [6.07, 6.45) is 0. The Hall–Kier alpha value is -0.670. The molecule has 0 aliphatic heterocycles. The van der Waals surface area contributed by atoms with E-state index in [1.54, 1.807) is 11.8 Å². The first-order valence-corrected chi connectivity index (χ1v) is 5.24. The quantitative estimate of drug-likeness (QED) is 0.575. The Morgan fingerprint density at radius 3 is 2.46 bits per heavy atom. The Balaban J connectivity index is 2.60. The van der Waals surface area contributed by atoms with Gasteiger partial charge in [-0.25, -0.2) is 0 Å². The number of nitrogens with two attached hydrogens (primary N) is 2. The third-order valence-corrected chi connectivity index (χ3v) is 3.09. The Labute approximate surface area is 83.7 Å². The molecule has 0 fully saturated rings. The molecule has 2 nitrogen and oxygen atoms in total. The van der Waals surface area contributed by atoms with E-state index in [1.165, 1.54) is 0 Å². The molecule has 0 aliphatic carbocycles. The van der Waals surface area contributed by atoms with Gasteiger partial charge in [-0.1, -0.05) is 12.1 Å². The molecule has 0 spiro atoms. The van der Waals surface area contributed by atoms with Crippen molar-refractivity contribution in [2.24, 2.45) is 5.73 Å². The largest absolute Gasteiger partial charge is 0.398 e. The van der Waals surface area contributed by atoms with Crippen molar-refractivity contribution >= 4 is 17.4 Å². The zero-order valence-electron chi connectivity index (χ0n) is 8.08. The van der Waals surface area contributed by atoms with Crippen molar-refractivity contribution in [3.8, 4) is 0 Å². The molecule has 0 atom stereocenters. The molecule has 1 aromatic carbocycles. The van der Waals surface area contributed by atoms with Crippen LogP contribution in [0.25, 0.3) is 0 Å². The maximum atomic E-state index is 5.87. The summed E-state index contributed by atoms with van der Waals surface area (Å²) in [5.74, 6) is 0.876. The van der Waals surface area contributed by atoms with E-state index in [2.05, 4.69) is 0 Å². The van der Waals surface area contributed by atoms with Gasteiger partial charge in [0.25, 0.3) is 0 Å². The lowest BCUT2D eigenvalue weighted by molar-refractivity contribution is 0.591. The van der Waals surface area contributed by atoms with Gasteiger partial charge < -0.3 is 11.5 Å². The minimum atomic E-state index is -0.146. The minimum absolute atomic E-state index is 0.146. The lowest BCUT2D eigenvalue weighted by Crippen LogP contribution is -2.34. The number of para-hydroxylation sites is 1. The molecule has 0 amide bonds. The molecule has 0 radical (unpaired) electrons. The fraction of sp³-hybridized carbons (Fsp3) is 0.400. The Morgan fingerprint density at radius 1 is 1.31 bits per heavy atom. The number of benzene rings is 1. The van der Waals surface area contributed by atoms with Gasteiger partial charge in [0.1, 0.15) is 0 Å². The van der Waals surface area contributed by atoms with Crippen molar-refractivity contribution in [3.63, 3.8) is 0 Å². The molecule has 0 bridgehead atoms. The van der Waals surface area contributed by atoms with Crippen molar-refractivity contribution in [2.45, 2.75) is 24.3 Å². The maximum absolute atomic E-state index is 5.87. The molecular weight excluding hydrogens is 180 g/mol. The lowest BCUT2D eigenvalue weighted by Gasteiger charge is -2.17. The van der Waals surface area contributed by atoms with Gasteiger partial charge in [0.15, 0.2) is 0 Å². The van der Waals surface area contributed by atoms with Crippen LogP contribution in [0.3, 0.4) is 0 Å². The Kier molecular flexibility index (Phi) is 3.22. The van der Waals surface area contributed by atoms with Crippen LogP contribution in [0.1, 0.15) is 13.8 Å². The summed E-state index contributed by atoms with van der Waals surface area (Å²) < 4.78 is 0. The van der Waals surface area contributed by atoms with Crippen LogP contribution < -0.4 is 11.5 Å². The molecular formula is C10H16N2S. The van der Waals surface area contributed by atoms with Crippen molar-refractivity contribution in [1.82, 2.24) is 0 Å². The van der Waals surface area contributed by atoms with Gasteiger partial charge in [0.2, 0.25) is 0 Å². The first-order chi connectivity index (χ1) is 5.99. The van der Waals surface area contributed by atoms with Crippen LogP contribution in [0, 0.1) is 0 Å². The Morgan fingerprint density at radius 2 is 1.92 bits per heavy atom. The van der Waals surface area contributed by atoms with Crippen molar-refractivity contribution in [2.75, 3.05) is 11.5 Å². The van der Waals surface area contributed by atoms with E-state index in [0.29, 0.717) is 0 Å². The van der Waals surface area contributed by atoms with Crippen LogP contribution in [0.4, 0.5) is 5.69 Å². The average molecular weight is 196 g/mol. The molecule has 0 saturated carbocycles. The van der Waals surface area contributed by atoms with Crippen LogP contribution in [-0.4, -0.2) is 11.3 Å². The van der Waals surface area contributed by atoms with Gasteiger partial charge in [0, 0.05) is 21.9 Å². The molecule has 72 valence electrons. The molecule has 0 unspecified atom stereocenters. The van der Waals surface area contributed by atoms with Crippen LogP contribution >= 0.6 is 11.8 Å².